The Bertz CT molecular complexity index is 703. The molecule has 1 aliphatic heterocycles. The smallest absolute Gasteiger partial charge is 0.219 e. The molecular formula is C18H21N3O3S. The van der Waals surface area contributed by atoms with E-state index in [4.69, 9.17) is 26.4 Å². The van der Waals surface area contributed by atoms with Crippen LogP contribution in [0.5, 0.6) is 17.4 Å². The molecule has 0 spiro atoms. The predicted octanol–water partition coefficient (Wildman–Crippen LogP) is 3.35. The number of methoxy groups -OCH3 is 1. The minimum absolute atomic E-state index is 0.245. The van der Waals surface area contributed by atoms with E-state index in [1.807, 2.05) is 30.3 Å². The van der Waals surface area contributed by atoms with Crippen molar-refractivity contribution in [2.24, 2.45) is 0 Å². The van der Waals surface area contributed by atoms with Crippen molar-refractivity contribution < 1.29 is 14.2 Å². The van der Waals surface area contributed by atoms with Gasteiger partial charge in [-0.15, -0.1) is 0 Å². The molecule has 3 rings (SSSR count). The average molecular weight is 359 g/mol. The first-order valence-electron chi connectivity index (χ1n) is 8.18. The van der Waals surface area contributed by atoms with Crippen molar-refractivity contribution in [1.82, 2.24) is 10.3 Å². The summed E-state index contributed by atoms with van der Waals surface area (Å²) in [7, 11) is 1.60. The molecule has 0 aliphatic carbocycles. The van der Waals surface area contributed by atoms with E-state index in [0.717, 1.165) is 25.1 Å². The summed E-state index contributed by atoms with van der Waals surface area (Å²) in [4.78, 5) is 4.29. The summed E-state index contributed by atoms with van der Waals surface area (Å²) in [5.74, 6) is 1.76. The third-order valence-electron chi connectivity index (χ3n) is 3.79. The molecule has 1 aromatic heterocycles. The molecule has 0 bridgehead atoms. The SMILES string of the molecule is COc1ccccc1Oc1ccc(NC(=S)NCC2CCCO2)cn1. The molecule has 0 amide bonds. The van der Waals surface area contributed by atoms with Crippen LogP contribution in [-0.4, -0.2) is 36.5 Å². The molecule has 7 heteroatoms. The molecule has 132 valence electrons. The quantitative estimate of drug-likeness (QED) is 0.767. The maximum absolute atomic E-state index is 5.75. The summed E-state index contributed by atoms with van der Waals surface area (Å²) >= 11 is 5.29. The molecule has 0 saturated carbocycles. The van der Waals surface area contributed by atoms with Crippen LogP contribution in [0.15, 0.2) is 42.6 Å². The Kier molecular flexibility index (Phi) is 6.03. The minimum atomic E-state index is 0.245. The van der Waals surface area contributed by atoms with Gasteiger partial charge >= 0.3 is 0 Å². The van der Waals surface area contributed by atoms with Gasteiger partial charge in [-0.25, -0.2) is 4.98 Å². The Hall–Kier alpha value is -2.38. The number of hydrogen-bond acceptors (Lipinski definition) is 5. The van der Waals surface area contributed by atoms with Crippen LogP contribution in [0.2, 0.25) is 0 Å². The molecule has 1 unspecified atom stereocenters. The van der Waals surface area contributed by atoms with Crippen LogP contribution in [0.1, 0.15) is 12.8 Å². The lowest BCUT2D eigenvalue weighted by Gasteiger charge is -2.14. The summed E-state index contributed by atoms with van der Waals surface area (Å²) in [6, 6.07) is 11.1. The fourth-order valence-corrected chi connectivity index (χ4v) is 2.72. The largest absolute Gasteiger partial charge is 0.493 e. The van der Waals surface area contributed by atoms with Crippen molar-refractivity contribution in [3.63, 3.8) is 0 Å². The number of thiocarbonyl (C=S) groups is 1. The normalized spacial score (nSPS) is 16.3. The molecule has 25 heavy (non-hydrogen) atoms. The van der Waals surface area contributed by atoms with E-state index in [-0.39, 0.29) is 6.10 Å². The van der Waals surface area contributed by atoms with Gasteiger partial charge in [-0.1, -0.05) is 12.1 Å². The zero-order valence-corrected chi connectivity index (χ0v) is 14.8. The maximum atomic E-state index is 5.75. The van der Waals surface area contributed by atoms with Gasteiger partial charge in [-0.2, -0.15) is 0 Å². The van der Waals surface area contributed by atoms with Crippen LogP contribution >= 0.6 is 12.2 Å². The molecule has 2 heterocycles. The number of hydrogen-bond donors (Lipinski definition) is 2. The van der Waals surface area contributed by atoms with Crippen LogP contribution in [-0.2, 0) is 4.74 Å². The van der Waals surface area contributed by atoms with Crippen LogP contribution < -0.4 is 20.1 Å². The van der Waals surface area contributed by atoms with E-state index in [2.05, 4.69) is 15.6 Å². The third kappa shape index (κ3) is 5.04. The van der Waals surface area contributed by atoms with Crippen molar-refractivity contribution in [3.8, 4) is 17.4 Å². The third-order valence-corrected chi connectivity index (χ3v) is 4.04. The summed E-state index contributed by atoms with van der Waals surface area (Å²) in [6.45, 7) is 1.55. The highest BCUT2D eigenvalue weighted by atomic mass is 32.1. The molecule has 1 saturated heterocycles. The van der Waals surface area contributed by atoms with Gasteiger partial charge in [0.2, 0.25) is 5.88 Å². The Morgan fingerprint density at radius 1 is 1.28 bits per heavy atom. The monoisotopic (exact) mass is 359 g/mol. The highest BCUT2D eigenvalue weighted by Gasteiger charge is 2.15. The lowest BCUT2D eigenvalue weighted by Crippen LogP contribution is -2.34. The molecule has 2 N–H and O–H groups in total. The molecule has 6 nitrogen and oxygen atoms in total. The Labute approximate surface area is 152 Å². The van der Waals surface area contributed by atoms with Gasteiger partial charge in [0, 0.05) is 19.2 Å². The van der Waals surface area contributed by atoms with E-state index in [9.17, 15) is 0 Å². The van der Waals surface area contributed by atoms with Crippen LogP contribution in [0.25, 0.3) is 0 Å². The average Bonchev–Trinajstić information content (AvgIpc) is 3.16. The number of nitrogens with one attached hydrogen (secondary N) is 2. The maximum Gasteiger partial charge on any atom is 0.219 e. The van der Waals surface area contributed by atoms with Crippen molar-refractivity contribution in [1.29, 1.82) is 0 Å². The van der Waals surface area contributed by atoms with E-state index >= 15 is 0 Å². The highest BCUT2D eigenvalue weighted by molar-refractivity contribution is 7.80. The first-order valence-corrected chi connectivity index (χ1v) is 8.59. The number of nitrogens with zero attached hydrogens (tertiary/aromatic N) is 1. The van der Waals surface area contributed by atoms with Gasteiger partial charge in [0.15, 0.2) is 16.6 Å². The molecule has 0 radical (unpaired) electrons. The number of rotatable bonds is 6. The van der Waals surface area contributed by atoms with E-state index in [1.165, 1.54) is 0 Å². The van der Waals surface area contributed by atoms with Gasteiger partial charge in [-0.05, 0) is 43.3 Å². The fraction of sp³-hybridized carbons (Fsp3) is 0.333. The highest BCUT2D eigenvalue weighted by Crippen LogP contribution is 2.30. The second-order valence-electron chi connectivity index (χ2n) is 5.61. The van der Waals surface area contributed by atoms with Crippen molar-refractivity contribution in [3.05, 3.63) is 42.6 Å². The summed E-state index contributed by atoms with van der Waals surface area (Å²) in [6.07, 6.45) is 4.11. The summed E-state index contributed by atoms with van der Waals surface area (Å²) in [5, 5.41) is 6.82. The first kappa shape index (κ1) is 17.4. The Balaban J connectivity index is 1.52. The van der Waals surface area contributed by atoms with Gasteiger partial charge in [-0.3, -0.25) is 0 Å². The van der Waals surface area contributed by atoms with Gasteiger partial charge in [0.05, 0.1) is 25.1 Å². The van der Waals surface area contributed by atoms with Crippen LogP contribution in [0.3, 0.4) is 0 Å². The molecular weight excluding hydrogens is 338 g/mol. The zero-order valence-electron chi connectivity index (χ0n) is 14.0. The van der Waals surface area contributed by atoms with E-state index in [1.54, 1.807) is 19.4 Å². The number of para-hydroxylation sites is 2. The number of pyridine rings is 1. The Morgan fingerprint density at radius 2 is 2.12 bits per heavy atom. The first-order chi connectivity index (χ1) is 12.2. The minimum Gasteiger partial charge on any atom is -0.493 e. The lowest BCUT2D eigenvalue weighted by molar-refractivity contribution is 0.114. The molecule has 1 fully saturated rings. The van der Waals surface area contributed by atoms with Gasteiger partial charge < -0.3 is 24.8 Å². The van der Waals surface area contributed by atoms with Crippen LogP contribution in [0.4, 0.5) is 5.69 Å². The second kappa shape index (κ2) is 8.64. The predicted molar refractivity (Wildman–Crippen MR) is 101 cm³/mol. The standard InChI is InChI=1S/C18H21N3O3S/c1-22-15-6-2-3-7-16(15)24-17-9-8-13(11-19-17)21-18(25)20-12-14-5-4-10-23-14/h2-3,6-9,11,14H,4-5,10,12H2,1H3,(H2,20,21,25). The Morgan fingerprint density at radius 3 is 2.80 bits per heavy atom. The lowest BCUT2D eigenvalue weighted by atomic mass is 10.2. The summed E-state index contributed by atoms with van der Waals surface area (Å²) in [5.41, 5.74) is 0.789. The molecule has 1 atom stereocenters. The van der Waals surface area contributed by atoms with Crippen molar-refractivity contribution in [2.45, 2.75) is 18.9 Å². The number of benzene rings is 1. The van der Waals surface area contributed by atoms with E-state index in [0.29, 0.717) is 29.0 Å². The van der Waals surface area contributed by atoms with Crippen molar-refractivity contribution in [2.75, 3.05) is 25.6 Å². The topological polar surface area (TPSA) is 64.6 Å². The van der Waals surface area contributed by atoms with Crippen molar-refractivity contribution >= 4 is 23.0 Å². The summed E-state index contributed by atoms with van der Waals surface area (Å²) < 4.78 is 16.6. The molecule has 1 aliphatic rings. The van der Waals surface area contributed by atoms with Gasteiger partial charge in [0.25, 0.3) is 0 Å². The molecule has 2 aromatic rings. The van der Waals surface area contributed by atoms with Crippen LogP contribution in [0, 0.1) is 0 Å². The molecule has 1 aromatic carbocycles. The zero-order chi connectivity index (χ0) is 17.5. The van der Waals surface area contributed by atoms with E-state index < -0.39 is 0 Å². The number of aromatic nitrogens is 1. The fourth-order valence-electron chi connectivity index (χ4n) is 2.52. The number of anilines is 1. The second-order valence-corrected chi connectivity index (χ2v) is 6.02. The van der Waals surface area contributed by atoms with Gasteiger partial charge in [0.1, 0.15) is 0 Å². The number of ether oxygens (including phenoxy) is 3.